The van der Waals surface area contributed by atoms with Crippen LogP contribution in [0.3, 0.4) is 0 Å². The zero-order valence-corrected chi connectivity index (χ0v) is 11.4. The van der Waals surface area contributed by atoms with Gasteiger partial charge in [0, 0.05) is 12.6 Å². The number of hydrogen-bond donors (Lipinski definition) is 1. The van der Waals surface area contributed by atoms with Crippen molar-refractivity contribution in [1.29, 1.82) is 0 Å². The lowest BCUT2D eigenvalue weighted by Gasteiger charge is -2.13. The summed E-state index contributed by atoms with van der Waals surface area (Å²) in [5.41, 5.74) is 0. The van der Waals surface area contributed by atoms with Gasteiger partial charge in [0.05, 0.1) is 6.54 Å². The van der Waals surface area contributed by atoms with Crippen LogP contribution in [0.4, 0.5) is 0 Å². The normalized spacial score (nSPS) is 12.9. The third-order valence-electron chi connectivity index (χ3n) is 3.14. The topological polar surface area (TPSA) is 42.7 Å². The summed E-state index contributed by atoms with van der Waals surface area (Å²) in [6.07, 6.45) is 8.39. The molecule has 98 valence electrons. The monoisotopic (exact) mass is 238 g/mol. The number of hydrogen-bond acceptors (Lipinski definition) is 3. The van der Waals surface area contributed by atoms with Crippen LogP contribution in [0.2, 0.25) is 0 Å². The lowest BCUT2D eigenvalue weighted by atomic mass is 10.1. The molecule has 0 aromatic carbocycles. The van der Waals surface area contributed by atoms with E-state index in [0.29, 0.717) is 6.04 Å². The predicted molar refractivity (Wildman–Crippen MR) is 70.8 cm³/mol. The maximum atomic E-state index is 4.12. The van der Waals surface area contributed by atoms with Crippen LogP contribution in [0.5, 0.6) is 0 Å². The highest BCUT2D eigenvalue weighted by molar-refractivity contribution is 4.85. The zero-order chi connectivity index (χ0) is 12.5. The van der Waals surface area contributed by atoms with E-state index < -0.39 is 0 Å². The van der Waals surface area contributed by atoms with Gasteiger partial charge in [-0.1, -0.05) is 32.6 Å². The van der Waals surface area contributed by atoms with E-state index in [1.54, 1.807) is 6.33 Å². The first-order valence-corrected chi connectivity index (χ1v) is 6.88. The minimum atomic E-state index is 0.564. The fourth-order valence-electron chi connectivity index (χ4n) is 1.92. The van der Waals surface area contributed by atoms with E-state index in [1.807, 2.05) is 0 Å². The number of aromatic nitrogens is 3. The average Bonchev–Trinajstić information content (AvgIpc) is 2.79. The maximum Gasteiger partial charge on any atom is 0.146 e. The van der Waals surface area contributed by atoms with Gasteiger partial charge in [-0.15, -0.1) is 10.2 Å². The van der Waals surface area contributed by atoms with E-state index in [9.17, 15) is 0 Å². The number of rotatable bonds is 9. The fraction of sp³-hybridized carbons (Fsp3) is 0.846. The molecular weight excluding hydrogens is 212 g/mol. The van der Waals surface area contributed by atoms with Crippen LogP contribution < -0.4 is 5.32 Å². The largest absolute Gasteiger partial charge is 0.317 e. The van der Waals surface area contributed by atoms with Crippen LogP contribution in [0.15, 0.2) is 6.33 Å². The van der Waals surface area contributed by atoms with Crippen molar-refractivity contribution in [3.05, 3.63) is 12.2 Å². The van der Waals surface area contributed by atoms with E-state index in [0.717, 1.165) is 18.9 Å². The molecule has 1 N–H and O–H groups in total. The van der Waals surface area contributed by atoms with Crippen molar-refractivity contribution in [3.8, 4) is 0 Å². The molecule has 1 heterocycles. The Bertz CT molecular complexity index is 295. The molecule has 4 heteroatoms. The third kappa shape index (κ3) is 5.31. The molecule has 17 heavy (non-hydrogen) atoms. The minimum absolute atomic E-state index is 0.564. The maximum absolute atomic E-state index is 4.12. The SMILES string of the molecule is CCCCCCC(C)NCc1nncn1CC. The number of nitrogens with one attached hydrogen (secondary N) is 1. The van der Waals surface area contributed by atoms with Gasteiger partial charge in [0.15, 0.2) is 0 Å². The molecule has 0 aliphatic carbocycles. The summed E-state index contributed by atoms with van der Waals surface area (Å²) < 4.78 is 2.08. The first-order valence-electron chi connectivity index (χ1n) is 6.88. The Morgan fingerprint density at radius 2 is 2.12 bits per heavy atom. The summed E-state index contributed by atoms with van der Waals surface area (Å²) >= 11 is 0. The Kier molecular flexibility index (Phi) is 6.86. The Morgan fingerprint density at radius 3 is 2.82 bits per heavy atom. The second-order valence-corrected chi connectivity index (χ2v) is 4.66. The summed E-state index contributed by atoms with van der Waals surface area (Å²) in [4.78, 5) is 0. The Balaban J connectivity index is 2.17. The van der Waals surface area contributed by atoms with Gasteiger partial charge in [0.1, 0.15) is 12.2 Å². The molecule has 0 fully saturated rings. The molecule has 0 aliphatic heterocycles. The molecule has 0 saturated carbocycles. The molecule has 0 bridgehead atoms. The average molecular weight is 238 g/mol. The van der Waals surface area contributed by atoms with Gasteiger partial charge in [0.2, 0.25) is 0 Å². The number of unbranched alkanes of at least 4 members (excludes halogenated alkanes) is 3. The van der Waals surface area contributed by atoms with Crippen LogP contribution >= 0.6 is 0 Å². The molecule has 0 amide bonds. The second-order valence-electron chi connectivity index (χ2n) is 4.66. The molecule has 0 radical (unpaired) electrons. The van der Waals surface area contributed by atoms with Crippen LogP contribution in [-0.2, 0) is 13.1 Å². The molecule has 0 aliphatic rings. The standard InChI is InChI=1S/C13H26N4/c1-4-6-7-8-9-12(3)14-10-13-16-15-11-17(13)5-2/h11-12,14H,4-10H2,1-3H3. The molecule has 1 unspecified atom stereocenters. The highest BCUT2D eigenvalue weighted by Gasteiger charge is 2.05. The third-order valence-corrected chi connectivity index (χ3v) is 3.14. The highest BCUT2D eigenvalue weighted by atomic mass is 15.3. The van der Waals surface area contributed by atoms with Crippen molar-refractivity contribution in [2.24, 2.45) is 0 Å². The molecule has 4 nitrogen and oxygen atoms in total. The summed E-state index contributed by atoms with van der Waals surface area (Å²) in [5.74, 6) is 1.04. The summed E-state index contributed by atoms with van der Waals surface area (Å²) in [6, 6.07) is 0.564. The van der Waals surface area contributed by atoms with Gasteiger partial charge in [-0.3, -0.25) is 0 Å². The molecule has 0 saturated heterocycles. The van der Waals surface area contributed by atoms with Gasteiger partial charge < -0.3 is 9.88 Å². The molecule has 1 rings (SSSR count). The molecule has 0 spiro atoms. The zero-order valence-electron chi connectivity index (χ0n) is 11.4. The van der Waals surface area contributed by atoms with Gasteiger partial charge >= 0.3 is 0 Å². The highest BCUT2D eigenvalue weighted by Crippen LogP contribution is 2.05. The quantitative estimate of drug-likeness (QED) is 0.673. The van der Waals surface area contributed by atoms with Crippen LogP contribution in [0, 0.1) is 0 Å². The van der Waals surface area contributed by atoms with E-state index in [-0.39, 0.29) is 0 Å². The molecular formula is C13H26N4. The van der Waals surface area contributed by atoms with Gasteiger partial charge in [-0.25, -0.2) is 0 Å². The Morgan fingerprint density at radius 1 is 1.29 bits per heavy atom. The Hall–Kier alpha value is -0.900. The Labute approximate surface area is 105 Å². The summed E-state index contributed by atoms with van der Waals surface area (Å²) in [5, 5.41) is 11.6. The van der Waals surface area contributed by atoms with E-state index in [1.165, 1.54) is 32.1 Å². The van der Waals surface area contributed by atoms with Crippen molar-refractivity contribution in [1.82, 2.24) is 20.1 Å². The second kappa shape index (κ2) is 8.23. The van der Waals surface area contributed by atoms with Crippen LogP contribution in [0.1, 0.15) is 58.7 Å². The van der Waals surface area contributed by atoms with Gasteiger partial charge in [-0.2, -0.15) is 0 Å². The van der Waals surface area contributed by atoms with Crippen LogP contribution in [0.25, 0.3) is 0 Å². The molecule has 1 aromatic heterocycles. The first-order chi connectivity index (χ1) is 8.27. The molecule has 1 aromatic rings. The lowest BCUT2D eigenvalue weighted by Crippen LogP contribution is -2.26. The number of nitrogens with zero attached hydrogens (tertiary/aromatic N) is 3. The van der Waals surface area contributed by atoms with Crippen molar-refractivity contribution < 1.29 is 0 Å². The van der Waals surface area contributed by atoms with Crippen molar-refractivity contribution >= 4 is 0 Å². The van der Waals surface area contributed by atoms with Crippen molar-refractivity contribution in [2.45, 2.75) is 72.0 Å². The van der Waals surface area contributed by atoms with E-state index in [4.69, 9.17) is 0 Å². The smallest absolute Gasteiger partial charge is 0.146 e. The lowest BCUT2D eigenvalue weighted by molar-refractivity contribution is 0.469. The minimum Gasteiger partial charge on any atom is -0.317 e. The van der Waals surface area contributed by atoms with Crippen molar-refractivity contribution in [2.75, 3.05) is 0 Å². The summed E-state index contributed by atoms with van der Waals surface area (Å²) in [7, 11) is 0. The van der Waals surface area contributed by atoms with E-state index >= 15 is 0 Å². The van der Waals surface area contributed by atoms with E-state index in [2.05, 4.69) is 40.9 Å². The van der Waals surface area contributed by atoms with Gasteiger partial charge in [0.25, 0.3) is 0 Å². The van der Waals surface area contributed by atoms with Crippen molar-refractivity contribution in [3.63, 3.8) is 0 Å². The first kappa shape index (κ1) is 14.2. The fourth-order valence-corrected chi connectivity index (χ4v) is 1.92. The molecule has 1 atom stereocenters. The summed E-state index contributed by atoms with van der Waals surface area (Å²) in [6.45, 7) is 8.37. The van der Waals surface area contributed by atoms with Gasteiger partial charge in [-0.05, 0) is 20.3 Å². The number of aryl methyl sites for hydroxylation is 1. The van der Waals surface area contributed by atoms with Crippen LogP contribution in [-0.4, -0.2) is 20.8 Å². The predicted octanol–water partition coefficient (Wildman–Crippen LogP) is 2.75.